The Balaban J connectivity index is 1.57. The van der Waals surface area contributed by atoms with E-state index in [1.807, 2.05) is 0 Å². The van der Waals surface area contributed by atoms with Gasteiger partial charge in [-0.05, 0) is 37.1 Å². The molecule has 2 heterocycles. The average molecular weight is 406 g/mol. The second-order valence-corrected chi connectivity index (χ2v) is 8.50. The number of sulfonamides is 1. The number of aromatic nitrogens is 2. The van der Waals surface area contributed by atoms with E-state index in [-0.39, 0.29) is 29.9 Å². The monoisotopic (exact) mass is 406 g/mol. The summed E-state index contributed by atoms with van der Waals surface area (Å²) >= 11 is 0. The lowest BCUT2D eigenvalue weighted by Crippen LogP contribution is -2.41. The number of carbonyl (C=O) groups excluding carboxylic acids is 2. The van der Waals surface area contributed by atoms with Gasteiger partial charge >= 0.3 is 5.97 Å². The second-order valence-electron chi connectivity index (χ2n) is 6.61. The van der Waals surface area contributed by atoms with E-state index in [0.717, 1.165) is 0 Å². The lowest BCUT2D eigenvalue weighted by molar-refractivity contribution is -0.120. The molecule has 1 N–H and O–H groups in total. The first kappa shape index (κ1) is 20.0. The third kappa shape index (κ3) is 4.23. The minimum absolute atomic E-state index is 0.0172. The van der Waals surface area contributed by atoms with Crippen LogP contribution in [0.15, 0.2) is 41.8 Å². The summed E-state index contributed by atoms with van der Waals surface area (Å²) in [6.45, 7) is 0.524. The highest BCUT2D eigenvalue weighted by Crippen LogP contribution is 2.24. The number of hydrogen-bond donors (Lipinski definition) is 1. The quantitative estimate of drug-likeness (QED) is 0.748. The van der Waals surface area contributed by atoms with Gasteiger partial charge in [0.1, 0.15) is 0 Å². The van der Waals surface area contributed by atoms with E-state index < -0.39 is 16.0 Å². The molecule has 0 atom stereocenters. The summed E-state index contributed by atoms with van der Waals surface area (Å²) in [6.07, 6.45) is 3.76. The van der Waals surface area contributed by atoms with E-state index >= 15 is 0 Å². The Kier molecular flexibility index (Phi) is 5.80. The van der Waals surface area contributed by atoms with Crippen molar-refractivity contribution in [2.75, 3.05) is 25.5 Å². The van der Waals surface area contributed by atoms with Crippen LogP contribution < -0.4 is 5.32 Å². The zero-order valence-corrected chi connectivity index (χ0v) is 16.5. The van der Waals surface area contributed by atoms with Crippen molar-refractivity contribution in [1.82, 2.24) is 13.9 Å². The van der Waals surface area contributed by atoms with Gasteiger partial charge in [0.2, 0.25) is 5.91 Å². The Labute approximate surface area is 163 Å². The molecule has 0 aliphatic carbocycles. The number of anilines is 1. The third-order valence-corrected chi connectivity index (χ3v) is 6.47. The van der Waals surface area contributed by atoms with E-state index in [0.29, 0.717) is 24.1 Å². The maximum Gasteiger partial charge on any atom is 0.337 e. The van der Waals surface area contributed by atoms with Crippen LogP contribution in [0.4, 0.5) is 5.69 Å². The zero-order valence-electron chi connectivity index (χ0n) is 15.7. The van der Waals surface area contributed by atoms with Crippen LogP contribution in [0.25, 0.3) is 0 Å². The lowest BCUT2D eigenvalue weighted by atomic mass is 9.97. The van der Waals surface area contributed by atoms with E-state index in [2.05, 4.69) is 15.0 Å². The van der Waals surface area contributed by atoms with E-state index in [9.17, 15) is 18.0 Å². The van der Waals surface area contributed by atoms with Crippen molar-refractivity contribution >= 4 is 27.6 Å². The van der Waals surface area contributed by atoms with Crippen molar-refractivity contribution in [3.63, 3.8) is 0 Å². The van der Waals surface area contributed by atoms with Gasteiger partial charge < -0.3 is 14.6 Å². The number of imidazole rings is 1. The molecule has 0 radical (unpaired) electrons. The molecule has 1 fully saturated rings. The molecule has 1 aliphatic rings. The molecule has 0 saturated carbocycles. The van der Waals surface area contributed by atoms with Crippen LogP contribution in [0, 0.1) is 5.92 Å². The molecule has 10 heteroatoms. The van der Waals surface area contributed by atoms with Crippen LogP contribution in [-0.2, 0) is 26.6 Å². The van der Waals surface area contributed by atoms with Crippen LogP contribution >= 0.6 is 0 Å². The normalized spacial score (nSPS) is 15.9. The number of nitrogens with zero attached hydrogens (tertiary/aromatic N) is 3. The summed E-state index contributed by atoms with van der Waals surface area (Å²) in [6, 6.07) is 6.41. The summed E-state index contributed by atoms with van der Waals surface area (Å²) < 4.78 is 32.8. The first-order valence-electron chi connectivity index (χ1n) is 8.78. The molecule has 1 aromatic heterocycles. The summed E-state index contributed by atoms with van der Waals surface area (Å²) in [5.74, 6) is -0.893. The number of benzene rings is 1. The number of methoxy groups -OCH3 is 1. The Hall–Kier alpha value is -2.72. The minimum Gasteiger partial charge on any atom is -0.465 e. The number of rotatable bonds is 5. The Bertz CT molecular complexity index is 960. The standard InChI is InChI=1S/C18H22N4O5S/c1-21-11-16(19-12-21)28(25,26)22-9-7-13(8-10-22)17(23)20-15-5-3-14(4-6-15)18(24)27-2/h3-6,11-13H,7-10H2,1-2H3,(H,20,23). The highest BCUT2D eigenvalue weighted by molar-refractivity contribution is 7.89. The molecule has 28 heavy (non-hydrogen) atoms. The van der Waals surface area contributed by atoms with Crippen LogP contribution in [0.2, 0.25) is 0 Å². The van der Waals surface area contributed by atoms with Gasteiger partial charge in [-0.15, -0.1) is 0 Å². The predicted molar refractivity (Wildman–Crippen MR) is 101 cm³/mol. The van der Waals surface area contributed by atoms with Crippen molar-refractivity contribution in [3.8, 4) is 0 Å². The first-order valence-corrected chi connectivity index (χ1v) is 10.2. The number of aryl methyl sites for hydroxylation is 1. The zero-order chi connectivity index (χ0) is 20.3. The first-order chi connectivity index (χ1) is 13.3. The molecule has 2 aromatic rings. The fraction of sp³-hybridized carbons (Fsp3) is 0.389. The second kappa shape index (κ2) is 8.11. The van der Waals surface area contributed by atoms with Crippen LogP contribution in [0.3, 0.4) is 0 Å². The molecule has 1 saturated heterocycles. The third-order valence-electron chi connectivity index (χ3n) is 4.68. The molecule has 1 aromatic carbocycles. The number of ether oxygens (including phenoxy) is 1. The van der Waals surface area contributed by atoms with E-state index in [1.54, 1.807) is 35.9 Å². The number of piperidine rings is 1. The topological polar surface area (TPSA) is 111 Å². The largest absolute Gasteiger partial charge is 0.465 e. The molecule has 150 valence electrons. The van der Waals surface area contributed by atoms with Crippen molar-refractivity contribution < 1.29 is 22.7 Å². The molecule has 3 rings (SSSR count). The molecular weight excluding hydrogens is 384 g/mol. The van der Waals surface area contributed by atoms with E-state index in [1.165, 1.54) is 23.9 Å². The van der Waals surface area contributed by atoms with Gasteiger partial charge in [-0.3, -0.25) is 4.79 Å². The Morgan fingerprint density at radius 3 is 2.36 bits per heavy atom. The van der Waals surface area contributed by atoms with Crippen molar-refractivity contribution in [2.24, 2.45) is 13.0 Å². The highest BCUT2D eigenvalue weighted by atomic mass is 32.2. The number of carbonyl (C=O) groups is 2. The maximum atomic E-state index is 12.6. The summed E-state index contributed by atoms with van der Waals surface area (Å²) in [4.78, 5) is 27.8. The smallest absolute Gasteiger partial charge is 0.337 e. The highest BCUT2D eigenvalue weighted by Gasteiger charge is 2.33. The summed E-state index contributed by atoms with van der Waals surface area (Å²) in [7, 11) is -0.626. The maximum absolute atomic E-state index is 12.6. The fourth-order valence-corrected chi connectivity index (χ4v) is 4.50. The van der Waals surface area contributed by atoms with Gasteiger partial charge in [0, 0.05) is 37.9 Å². The van der Waals surface area contributed by atoms with Crippen molar-refractivity contribution in [2.45, 2.75) is 17.9 Å². The Morgan fingerprint density at radius 2 is 1.82 bits per heavy atom. The fourth-order valence-electron chi connectivity index (χ4n) is 3.06. The van der Waals surface area contributed by atoms with Gasteiger partial charge in [-0.25, -0.2) is 18.2 Å². The lowest BCUT2D eigenvalue weighted by Gasteiger charge is -2.29. The van der Waals surface area contributed by atoms with Crippen LogP contribution in [0.5, 0.6) is 0 Å². The SMILES string of the molecule is COC(=O)c1ccc(NC(=O)C2CCN(S(=O)(=O)c3cn(C)cn3)CC2)cc1. The van der Waals surface area contributed by atoms with Crippen molar-refractivity contribution in [3.05, 3.63) is 42.4 Å². The molecule has 0 bridgehead atoms. The number of amides is 1. The van der Waals surface area contributed by atoms with Crippen LogP contribution in [-0.4, -0.2) is 54.3 Å². The summed E-state index contributed by atoms with van der Waals surface area (Å²) in [5, 5.41) is 2.83. The molecule has 9 nitrogen and oxygen atoms in total. The van der Waals surface area contributed by atoms with Gasteiger partial charge in [0.25, 0.3) is 10.0 Å². The molecular formula is C18H22N4O5S. The Morgan fingerprint density at radius 1 is 1.18 bits per heavy atom. The molecule has 0 spiro atoms. The molecule has 0 unspecified atom stereocenters. The summed E-state index contributed by atoms with van der Waals surface area (Å²) in [5.41, 5.74) is 0.967. The van der Waals surface area contributed by atoms with Gasteiger partial charge in [0.15, 0.2) is 5.03 Å². The van der Waals surface area contributed by atoms with Gasteiger partial charge in [-0.1, -0.05) is 0 Å². The number of esters is 1. The van der Waals surface area contributed by atoms with E-state index in [4.69, 9.17) is 0 Å². The molecule has 1 aliphatic heterocycles. The number of hydrogen-bond acceptors (Lipinski definition) is 6. The van der Waals surface area contributed by atoms with Crippen molar-refractivity contribution in [1.29, 1.82) is 0 Å². The number of nitrogens with one attached hydrogen (secondary N) is 1. The van der Waals surface area contributed by atoms with Gasteiger partial charge in [0.05, 0.1) is 19.0 Å². The molecule has 1 amide bonds. The average Bonchev–Trinajstić information content (AvgIpc) is 3.15. The van der Waals surface area contributed by atoms with Crippen LogP contribution in [0.1, 0.15) is 23.2 Å². The van der Waals surface area contributed by atoms with Gasteiger partial charge in [-0.2, -0.15) is 4.31 Å². The minimum atomic E-state index is -3.64. The predicted octanol–water partition coefficient (Wildman–Crippen LogP) is 1.25.